The summed E-state index contributed by atoms with van der Waals surface area (Å²) in [5.74, 6) is 0.748. The van der Waals surface area contributed by atoms with Crippen molar-refractivity contribution in [2.24, 2.45) is 0 Å². The van der Waals surface area contributed by atoms with Crippen molar-refractivity contribution < 1.29 is 33.2 Å². The molecule has 2 aromatic carbocycles. The van der Waals surface area contributed by atoms with Crippen LogP contribution < -0.4 is 14.4 Å². The molecule has 0 heterocycles. The molecule has 0 aliphatic carbocycles. The monoisotopic (exact) mass is 489 g/mol. The highest BCUT2D eigenvalue weighted by molar-refractivity contribution is 5.91. The van der Waals surface area contributed by atoms with Crippen LogP contribution in [0.25, 0.3) is 0 Å². The van der Waals surface area contributed by atoms with Gasteiger partial charge in [0, 0.05) is 26.4 Å². The van der Waals surface area contributed by atoms with E-state index in [1.165, 1.54) is 0 Å². The number of hydrogen-bond donors (Lipinski definition) is 0. The average Bonchev–Trinajstić information content (AvgIpc) is 2.87. The van der Waals surface area contributed by atoms with Crippen LogP contribution in [-0.4, -0.2) is 79.5 Å². The van der Waals surface area contributed by atoms with Crippen molar-refractivity contribution in [3.63, 3.8) is 0 Å². The minimum Gasteiger partial charge on any atom is -0.491 e. The molecule has 0 aliphatic heterocycles. The molecule has 0 atom stereocenters. The Labute approximate surface area is 209 Å². The summed E-state index contributed by atoms with van der Waals surface area (Å²) < 4.78 is 32.9. The number of unbranched alkanes of at least 4 members (excludes halogenated alkanes) is 1. The molecular weight excluding hydrogens is 450 g/mol. The molecule has 2 aromatic rings. The van der Waals surface area contributed by atoms with Gasteiger partial charge in [-0.25, -0.2) is 4.79 Å². The molecule has 0 aromatic heterocycles. The van der Waals surface area contributed by atoms with Crippen LogP contribution in [0.15, 0.2) is 48.5 Å². The molecular formula is C27H39NO7. The predicted octanol–water partition coefficient (Wildman–Crippen LogP) is 4.22. The maximum absolute atomic E-state index is 12.3. The first-order valence-corrected chi connectivity index (χ1v) is 12.1. The van der Waals surface area contributed by atoms with E-state index in [2.05, 4.69) is 6.92 Å². The molecule has 0 bridgehead atoms. The zero-order valence-corrected chi connectivity index (χ0v) is 21.2. The predicted molar refractivity (Wildman–Crippen MR) is 136 cm³/mol. The smallest absolute Gasteiger partial charge is 0.343 e. The number of anilines is 1. The van der Waals surface area contributed by atoms with Crippen LogP contribution in [-0.2, 0) is 18.9 Å². The highest BCUT2D eigenvalue weighted by Crippen LogP contribution is 2.19. The molecule has 0 unspecified atom stereocenters. The summed E-state index contributed by atoms with van der Waals surface area (Å²) in [4.78, 5) is 14.3. The SMILES string of the molecule is CCCCOCCOCCOCCOCCOc1ccc(C(=O)Oc2ccc(N(C)C)cc2)cc1. The van der Waals surface area contributed by atoms with Gasteiger partial charge in [-0.05, 0) is 55.0 Å². The fourth-order valence-electron chi connectivity index (χ4n) is 2.89. The van der Waals surface area contributed by atoms with Gasteiger partial charge in [0.1, 0.15) is 18.1 Å². The first-order valence-electron chi connectivity index (χ1n) is 12.1. The minimum absolute atomic E-state index is 0.406. The number of benzene rings is 2. The first-order chi connectivity index (χ1) is 17.1. The number of nitrogens with zero attached hydrogens (tertiary/aromatic N) is 1. The molecule has 35 heavy (non-hydrogen) atoms. The van der Waals surface area contributed by atoms with Gasteiger partial charge in [0.2, 0.25) is 0 Å². The van der Waals surface area contributed by atoms with E-state index in [9.17, 15) is 4.79 Å². The maximum atomic E-state index is 12.3. The van der Waals surface area contributed by atoms with Gasteiger partial charge in [0.15, 0.2) is 0 Å². The zero-order valence-electron chi connectivity index (χ0n) is 21.2. The van der Waals surface area contributed by atoms with Crippen LogP contribution in [0.5, 0.6) is 11.5 Å². The molecule has 2 rings (SSSR count). The first kappa shape index (κ1) is 28.6. The summed E-state index contributed by atoms with van der Waals surface area (Å²) in [6, 6.07) is 14.2. The van der Waals surface area contributed by atoms with Crippen molar-refractivity contribution >= 4 is 11.7 Å². The molecule has 0 saturated carbocycles. The molecule has 194 valence electrons. The molecule has 0 amide bonds. The van der Waals surface area contributed by atoms with Crippen LogP contribution in [0.2, 0.25) is 0 Å². The van der Waals surface area contributed by atoms with Gasteiger partial charge in [0.25, 0.3) is 0 Å². The van der Waals surface area contributed by atoms with Gasteiger partial charge in [-0.1, -0.05) is 13.3 Å². The van der Waals surface area contributed by atoms with Gasteiger partial charge in [-0.2, -0.15) is 0 Å². The Balaban J connectivity index is 1.48. The quantitative estimate of drug-likeness (QED) is 0.165. The van der Waals surface area contributed by atoms with E-state index in [4.69, 9.17) is 28.4 Å². The third-order valence-electron chi connectivity index (χ3n) is 4.91. The molecule has 0 saturated heterocycles. The van der Waals surface area contributed by atoms with E-state index >= 15 is 0 Å². The third kappa shape index (κ3) is 12.6. The van der Waals surface area contributed by atoms with Crippen molar-refractivity contribution in [3.8, 4) is 11.5 Å². The Hall–Kier alpha value is -2.65. The normalized spacial score (nSPS) is 10.8. The van der Waals surface area contributed by atoms with Gasteiger partial charge in [0.05, 0.1) is 51.8 Å². The maximum Gasteiger partial charge on any atom is 0.343 e. The summed E-state index contributed by atoms with van der Waals surface area (Å²) in [5.41, 5.74) is 1.49. The second-order valence-electron chi connectivity index (χ2n) is 7.95. The Kier molecular flexibility index (Phi) is 14.5. The lowest BCUT2D eigenvalue weighted by atomic mass is 10.2. The lowest BCUT2D eigenvalue weighted by Gasteiger charge is -2.12. The lowest BCUT2D eigenvalue weighted by Crippen LogP contribution is -2.14. The number of ether oxygens (including phenoxy) is 6. The summed E-state index contributed by atoms with van der Waals surface area (Å²) in [5, 5.41) is 0. The topological polar surface area (TPSA) is 75.7 Å². The fourth-order valence-corrected chi connectivity index (χ4v) is 2.89. The number of rotatable bonds is 19. The summed E-state index contributed by atoms with van der Waals surface area (Å²) in [6.07, 6.45) is 2.23. The Morgan fingerprint density at radius 1 is 0.657 bits per heavy atom. The van der Waals surface area contributed by atoms with Crippen LogP contribution in [0.4, 0.5) is 5.69 Å². The minimum atomic E-state index is -0.414. The zero-order chi connectivity index (χ0) is 25.1. The summed E-state index contributed by atoms with van der Waals surface area (Å²) in [6.45, 7) is 7.08. The highest BCUT2D eigenvalue weighted by atomic mass is 16.6. The molecule has 8 nitrogen and oxygen atoms in total. The average molecular weight is 490 g/mol. The second kappa shape index (κ2) is 17.7. The van der Waals surface area contributed by atoms with Crippen LogP contribution in [0, 0.1) is 0 Å². The third-order valence-corrected chi connectivity index (χ3v) is 4.91. The number of carbonyl (C=O) groups is 1. The van der Waals surface area contributed by atoms with E-state index in [1.807, 2.05) is 31.1 Å². The number of hydrogen-bond acceptors (Lipinski definition) is 8. The molecule has 0 fully saturated rings. The van der Waals surface area contributed by atoms with Gasteiger partial charge < -0.3 is 33.3 Å². The van der Waals surface area contributed by atoms with E-state index in [0.29, 0.717) is 69.9 Å². The van der Waals surface area contributed by atoms with Crippen LogP contribution in [0.3, 0.4) is 0 Å². The standard InChI is InChI=1S/C27H39NO7/c1-4-5-14-30-15-16-31-17-18-32-19-20-33-21-22-34-25-10-6-23(7-11-25)27(29)35-26-12-8-24(9-13-26)28(2)3/h6-13H,4-5,14-22H2,1-3H3. The van der Waals surface area contributed by atoms with Crippen LogP contribution >= 0.6 is 0 Å². The summed E-state index contributed by atoms with van der Waals surface area (Å²) in [7, 11) is 3.91. The van der Waals surface area contributed by atoms with E-state index < -0.39 is 5.97 Å². The lowest BCUT2D eigenvalue weighted by molar-refractivity contribution is -0.00478. The molecule has 0 spiro atoms. The van der Waals surface area contributed by atoms with Gasteiger partial charge in [-0.15, -0.1) is 0 Å². The molecule has 8 heteroatoms. The summed E-state index contributed by atoms with van der Waals surface area (Å²) >= 11 is 0. The van der Waals surface area contributed by atoms with Crippen molar-refractivity contribution in [3.05, 3.63) is 54.1 Å². The van der Waals surface area contributed by atoms with Crippen molar-refractivity contribution in [1.29, 1.82) is 0 Å². The highest BCUT2D eigenvalue weighted by Gasteiger charge is 2.09. The van der Waals surface area contributed by atoms with E-state index in [0.717, 1.165) is 25.1 Å². The Morgan fingerprint density at radius 3 is 1.66 bits per heavy atom. The van der Waals surface area contributed by atoms with Crippen molar-refractivity contribution in [2.45, 2.75) is 19.8 Å². The Bertz CT molecular complexity index is 809. The van der Waals surface area contributed by atoms with Crippen LogP contribution in [0.1, 0.15) is 30.1 Å². The number of esters is 1. The largest absolute Gasteiger partial charge is 0.491 e. The van der Waals surface area contributed by atoms with Crippen molar-refractivity contribution in [1.82, 2.24) is 0 Å². The van der Waals surface area contributed by atoms with E-state index in [1.54, 1.807) is 36.4 Å². The second-order valence-corrected chi connectivity index (χ2v) is 7.95. The van der Waals surface area contributed by atoms with E-state index in [-0.39, 0.29) is 0 Å². The molecule has 0 N–H and O–H groups in total. The Morgan fingerprint density at radius 2 is 1.14 bits per heavy atom. The van der Waals surface area contributed by atoms with Gasteiger partial charge >= 0.3 is 5.97 Å². The van der Waals surface area contributed by atoms with Gasteiger partial charge in [-0.3, -0.25) is 0 Å². The molecule has 0 aliphatic rings. The van der Waals surface area contributed by atoms with Crippen molar-refractivity contribution in [2.75, 3.05) is 78.5 Å². The number of carbonyl (C=O) groups excluding carboxylic acids is 1. The fraction of sp³-hybridized carbons (Fsp3) is 0.519. The molecule has 0 radical (unpaired) electrons.